The maximum absolute atomic E-state index is 6.22. The van der Waals surface area contributed by atoms with Crippen LogP contribution in [0.3, 0.4) is 0 Å². The first kappa shape index (κ1) is 15.8. The van der Waals surface area contributed by atoms with Crippen molar-refractivity contribution in [2.75, 3.05) is 0 Å². The topological polar surface area (TPSA) is 29.9 Å². The maximum Gasteiger partial charge on any atom is 0.0739 e. The molecule has 1 heterocycles. The molecule has 0 saturated carbocycles. The van der Waals surface area contributed by atoms with Crippen molar-refractivity contribution in [3.05, 3.63) is 49.7 Å². The third kappa shape index (κ3) is 3.37. The SMILES string of the molecule is Cc1nn(C)c(CNC(C)c2ccc(Cl)cc2Cl)c1Br. The quantitative estimate of drug-likeness (QED) is 0.841. The predicted molar refractivity (Wildman–Crippen MR) is 87.4 cm³/mol. The van der Waals surface area contributed by atoms with Gasteiger partial charge in [-0.3, -0.25) is 4.68 Å². The molecule has 1 aromatic carbocycles. The highest BCUT2D eigenvalue weighted by Crippen LogP contribution is 2.27. The van der Waals surface area contributed by atoms with Crippen molar-refractivity contribution < 1.29 is 0 Å². The summed E-state index contributed by atoms with van der Waals surface area (Å²) >= 11 is 15.7. The molecule has 0 bridgehead atoms. The lowest BCUT2D eigenvalue weighted by molar-refractivity contribution is 0.547. The van der Waals surface area contributed by atoms with Crippen molar-refractivity contribution >= 4 is 39.1 Å². The second kappa shape index (κ2) is 6.48. The molecule has 0 spiro atoms. The van der Waals surface area contributed by atoms with Crippen LogP contribution in [0, 0.1) is 6.92 Å². The Morgan fingerprint density at radius 3 is 2.65 bits per heavy atom. The van der Waals surface area contributed by atoms with Gasteiger partial charge in [-0.2, -0.15) is 5.10 Å². The zero-order chi connectivity index (χ0) is 14.9. The van der Waals surface area contributed by atoms with Crippen molar-refractivity contribution in [1.82, 2.24) is 15.1 Å². The molecule has 3 nitrogen and oxygen atoms in total. The molecule has 20 heavy (non-hydrogen) atoms. The van der Waals surface area contributed by atoms with Crippen LogP contribution in [0.4, 0.5) is 0 Å². The monoisotopic (exact) mass is 375 g/mol. The summed E-state index contributed by atoms with van der Waals surface area (Å²) in [5.41, 5.74) is 3.13. The van der Waals surface area contributed by atoms with Crippen LogP contribution in [0.5, 0.6) is 0 Å². The third-order valence-corrected chi connectivity index (χ3v) is 4.86. The third-order valence-electron chi connectivity index (χ3n) is 3.27. The van der Waals surface area contributed by atoms with Crippen molar-refractivity contribution in [3.63, 3.8) is 0 Å². The summed E-state index contributed by atoms with van der Waals surface area (Å²) in [7, 11) is 1.94. The van der Waals surface area contributed by atoms with Gasteiger partial charge in [-0.25, -0.2) is 0 Å². The van der Waals surface area contributed by atoms with Crippen LogP contribution in [0.2, 0.25) is 10.0 Å². The van der Waals surface area contributed by atoms with Gasteiger partial charge < -0.3 is 5.32 Å². The number of aryl methyl sites for hydroxylation is 2. The predicted octanol–water partition coefficient (Wildman–Crippen LogP) is 4.65. The number of hydrogen-bond acceptors (Lipinski definition) is 2. The molecule has 1 aromatic heterocycles. The molecular weight excluding hydrogens is 361 g/mol. The van der Waals surface area contributed by atoms with Gasteiger partial charge in [0, 0.05) is 29.7 Å². The minimum absolute atomic E-state index is 0.127. The van der Waals surface area contributed by atoms with E-state index in [4.69, 9.17) is 23.2 Å². The summed E-state index contributed by atoms with van der Waals surface area (Å²) in [5.74, 6) is 0. The molecule has 0 aliphatic carbocycles. The minimum atomic E-state index is 0.127. The first-order valence-electron chi connectivity index (χ1n) is 6.26. The Morgan fingerprint density at radius 2 is 2.10 bits per heavy atom. The Hall–Kier alpha value is -0.550. The van der Waals surface area contributed by atoms with Crippen LogP contribution in [-0.4, -0.2) is 9.78 Å². The van der Waals surface area contributed by atoms with E-state index in [0.717, 1.165) is 21.4 Å². The Labute approximate surface area is 137 Å². The summed E-state index contributed by atoms with van der Waals surface area (Å²) in [5, 5.41) is 9.16. The molecule has 0 fully saturated rings. The first-order chi connectivity index (χ1) is 9.40. The van der Waals surface area contributed by atoms with Gasteiger partial charge in [-0.15, -0.1) is 0 Å². The fourth-order valence-electron chi connectivity index (χ4n) is 2.08. The van der Waals surface area contributed by atoms with E-state index >= 15 is 0 Å². The van der Waals surface area contributed by atoms with Crippen molar-refractivity contribution in [2.45, 2.75) is 26.4 Å². The van der Waals surface area contributed by atoms with E-state index in [9.17, 15) is 0 Å². The molecule has 0 radical (unpaired) electrons. The zero-order valence-electron chi connectivity index (χ0n) is 11.5. The second-order valence-corrected chi connectivity index (χ2v) is 6.37. The maximum atomic E-state index is 6.22. The number of halogens is 3. The Morgan fingerprint density at radius 1 is 1.40 bits per heavy atom. The highest BCUT2D eigenvalue weighted by Gasteiger charge is 2.14. The fraction of sp³-hybridized carbons (Fsp3) is 0.357. The summed E-state index contributed by atoms with van der Waals surface area (Å²) < 4.78 is 2.92. The number of aromatic nitrogens is 2. The number of hydrogen-bond donors (Lipinski definition) is 1. The molecule has 2 aromatic rings. The largest absolute Gasteiger partial charge is 0.304 e. The number of nitrogens with one attached hydrogen (secondary N) is 1. The Bertz CT molecular complexity index is 625. The lowest BCUT2D eigenvalue weighted by Gasteiger charge is -2.16. The van der Waals surface area contributed by atoms with Gasteiger partial charge in [-0.1, -0.05) is 29.3 Å². The minimum Gasteiger partial charge on any atom is -0.304 e. The second-order valence-electron chi connectivity index (χ2n) is 4.74. The van der Waals surface area contributed by atoms with E-state index in [1.165, 1.54) is 0 Å². The van der Waals surface area contributed by atoms with Gasteiger partial charge in [-0.05, 0) is 47.5 Å². The average molecular weight is 377 g/mol. The number of benzene rings is 1. The van der Waals surface area contributed by atoms with Crippen LogP contribution in [0.1, 0.15) is 29.9 Å². The van der Waals surface area contributed by atoms with Gasteiger partial charge in [0.15, 0.2) is 0 Å². The highest BCUT2D eigenvalue weighted by molar-refractivity contribution is 9.10. The van der Waals surface area contributed by atoms with E-state index in [0.29, 0.717) is 16.6 Å². The molecule has 6 heteroatoms. The van der Waals surface area contributed by atoms with Crippen LogP contribution in [0.15, 0.2) is 22.7 Å². The Kier molecular flexibility index (Phi) is 5.13. The van der Waals surface area contributed by atoms with Gasteiger partial charge in [0.05, 0.1) is 15.9 Å². The van der Waals surface area contributed by atoms with E-state index in [-0.39, 0.29) is 6.04 Å². The molecular formula is C14H16BrCl2N3. The fourth-order valence-corrected chi connectivity index (χ4v) is 3.13. The summed E-state index contributed by atoms with van der Waals surface area (Å²) in [4.78, 5) is 0. The lowest BCUT2D eigenvalue weighted by atomic mass is 10.1. The first-order valence-corrected chi connectivity index (χ1v) is 7.81. The smallest absolute Gasteiger partial charge is 0.0739 e. The molecule has 1 atom stereocenters. The zero-order valence-corrected chi connectivity index (χ0v) is 14.6. The number of rotatable bonds is 4. The van der Waals surface area contributed by atoms with Gasteiger partial charge in [0.2, 0.25) is 0 Å². The molecule has 108 valence electrons. The standard InChI is InChI=1S/C14H16BrCl2N3/c1-8(11-5-4-10(16)6-12(11)17)18-7-13-14(15)9(2)19-20(13)3/h4-6,8,18H,7H2,1-3H3. The van der Waals surface area contributed by atoms with Crippen molar-refractivity contribution in [2.24, 2.45) is 7.05 Å². The molecule has 0 amide bonds. The van der Waals surface area contributed by atoms with Crippen LogP contribution in [0.25, 0.3) is 0 Å². The van der Waals surface area contributed by atoms with E-state index in [1.807, 2.05) is 30.8 Å². The summed E-state index contributed by atoms with van der Waals surface area (Å²) in [6.07, 6.45) is 0. The molecule has 0 aliphatic heterocycles. The van der Waals surface area contributed by atoms with Crippen molar-refractivity contribution in [1.29, 1.82) is 0 Å². The molecule has 2 rings (SSSR count). The molecule has 1 unspecified atom stereocenters. The molecule has 0 aliphatic rings. The summed E-state index contributed by atoms with van der Waals surface area (Å²) in [6.45, 7) is 4.76. The van der Waals surface area contributed by atoms with Crippen LogP contribution >= 0.6 is 39.1 Å². The normalized spacial score (nSPS) is 12.7. The summed E-state index contributed by atoms with van der Waals surface area (Å²) in [6, 6.07) is 5.69. The molecule has 1 N–H and O–H groups in total. The van der Waals surface area contributed by atoms with Gasteiger partial charge in [0.25, 0.3) is 0 Å². The van der Waals surface area contributed by atoms with E-state index in [2.05, 4.69) is 33.3 Å². The van der Waals surface area contributed by atoms with Crippen LogP contribution in [-0.2, 0) is 13.6 Å². The number of nitrogens with zero attached hydrogens (tertiary/aromatic N) is 2. The van der Waals surface area contributed by atoms with Crippen LogP contribution < -0.4 is 5.32 Å². The van der Waals surface area contributed by atoms with E-state index in [1.54, 1.807) is 6.07 Å². The highest BCUT2D eigenvalue weighted by atomic mass is 79.9. The van der Waals surface area contributed by atoms with Crippen molar-refractivity contribution in [3.8, 4) is 0 Å². The van der Waals surface area contributed by atoms with Gasteiger partial charge >= 0.3 is 0 Å². The average Bonchev–Trinajstić information content (AvgIpc) is 2.61. The Balaban J connectivity index is 2.10. The van der Waals surface area contributed by atoms with E-state index < -0.39 is 0 Å². The van der Waals surface area contributed by atoms with Gasteiger partial charge in [0.1, 0.15) is 0 Å². The lowest BCUT2D eigenvalue weighted by Crippen LogP contribution is -2.20. The molecule has 0 saturated heterocycles.